The molecular weight excluding hydrogens is 398 g/mol. The maximum Gasteiger partial charge on any atom is 0.326 e. The molecule has 0 aliphatic rings. The number of imidazole rings is 1. The number of anilines is 2. The Morgan fingerprint density at radius 1 is 1.28 bits per heavy atom. The fourth-order valence-electron chi connectivity index (χ4n) is 2.84. The lowest BCUT2D eigenvalue weighted by Crippen LogP contribution is -2.22. The van der Waals surface area contributed by atoms with Crippen molar-refractivity contribution >= 4 is 46.0 Å². The number of aromatic nitrogens is 2. The molecule has 152 valence electrons. The highest BCUT2D eigenvalue weighted by Gasteiger charge is 2.15. The Labute approximate surface area is 171 Å². The molecule has 0 unspecified atom stereocenters. The second-order valence-corrected chi connectivity index (χ2v) is 6.53. The summed E-state index contributed by atoms with van der Waals surface area (Å²) in [5.41, 5.74) is 1.76. The van der Waals surface area contributed by atoms with E-state index in [9.17, 15) is 14.9 Å². The lowest BCUT2D eigenvalue weighted by Gasteiger charge is -2.11. The van der Waals surface area contributed by atoms with E-state index in [1.54, 1.807) is 0 Å². The minimum absolute atomic E-state index is 0.0690. The molecule has 2 N–H and O–H groups in total. The standard InChI is InChI=1S/C19H20ClN5O4/c1-2-29-11-5-10-24-17-7-4-3-6-16(17)21-18(24)23-19(26)22-15-9-8-13(25(27)28)12-14(15)20/h3-4,6-9,12H,2,5,10-11H2,1H3,(H2,21,22,23,26). The lowest BCUT2D eigenvalue weighted by atomic mass is 10.3. The van der Waals surface area contributed by atoms with E-state index in [1.807, 2.05) is 35.8 Å². The number of aryl methyl sites for hydroxylation is 1. The Hall–Kier alpha value is -3.17. The number of rotatable bonds is 8. The predicted octanol–water partition coefficient (Wildman–Crippen LogP) is 4.67. The van der Waals surface area contributed by atoms with Gasteiger partial charge in [-0.2, -0.15) is 0 Å². The van der Waals surface area contributed by atoms with Gasteiger partial charge in [0.1, 0.15) is 0 Å². The van der Waals surface area contributed by atoms with Crippen molar-refractivity contribution in [2.75, 3.05) is 23.8 Å². The van der Waals surface area contributed by atoms with Crippen LogP contribution in [0.4, 0.5) is 22.1 Å². The van der Waals surface area contributed by atoms with Gasteiger partial charge in [-0.15, -0.1) is 0 Å². The van der Waals surface area contributed by atoms with Gasteiger partial charge < -0.3 is 14.6 Å². The van der Waals surface area contributed by atoms with Crippen molar-refractivity contribution in [1.29, 1.82) is 0 Å². The van der Waals surface area contributed by atoms with Crippen LogP contribution < -0.4 is 10.6 Å². The number of hydrogen-bond donors (Lipinski definition) is 2. The van der Waals surface area contributed by atoms with E-state index in [4.69, 9.17) is 16.3 Å². The molecule has 0 saturated heterocycles. The summed E-state index contributed by atoms with van der Waals surface area (Å²) < 4.78 is 7.30. The number of benzene rings is 2. The van der Waals surface area contributed by atoms with Gasteiger partial charge in [-0.05, 0) is 31.5 Å². The summed E-state index contributed by atoms with van der Waals surface area (Å²) in [6, 6.07) is 10.9. The third-order valence-electron chi connectivity index (χ3n) is 4.17. The molecule has 2 amide bonds. The van der Waals surface area contributed by atoms with Crippen LogP contribution in [0.25, 0.3) is 11.0 Å². The van der Waals surface area contributed by atoms with Crippen molar-refractivity contribution in [2.45, 2.75) is 19.9 Å². The number of fused-ring (bicyclic) bond motifs is 1. The number of non-ortho nitro benzene ring substituents is 1. The molecule has 9 nitrogen and oxygen atoms in total. The third-order valence-corrected chi connectivity index (χ3v) is 4.48. The number of urea groups is 1. The van der Waals surface area contributed by atoms with Crippen molar-refractivity contribution in [3.63, 3.8) is 0 Å². The predicted molar refractivity (Wildman–Crippen MR) is 112 cm³/mol. The van der Waals surface area contributed by atoms with E-state index < -0.39 is 11.0 Å². The van der Waals surface area contributed by atoms with E-state index in [2.05, 4.69) is 15.6 Å². The highest BCUT2D eigenvalue weighted by Crippen LogP contribution is 2.27. The number of hydrogen-bond acceptors (Lipinski definition) is 5. The normalized spacial score (nSPS) is 10.8. The molecular formula is C19H20ClN5O4. The zero-order chi connectivity index (χ0) is 20.8. The summed E-state index contributed by atoms with van der Waals surface area (Å²) in [6.45, 7) is 3.81. The first kappa shape index (κ1) is 20.6. The van der Waals surface area contributed by atoms with Crippen LogP contribution in [0.15, 0.2) is 42.5 Å². The highest BCUT2D eigenvalue weighted by molar-refractivity contribution is 6.34. The van der Waals surface area contributed by atoms with Crippen LogP contribution in [-0.2, 0) is 11.3 Å². The SMILES string of the molecule is CCOCCCn1c(NC(=O)Nc2ccc([N+](=O)[O-])cc2Cl)nc2ccccc21. The first-order chi connectivity index (χ1) is 14.0. The van der Waals surface area contributed by atoms with Gasteiger partial charge in [-0.3, -0.25) is 15.4 Å². The summed E-state index contributed by atoms with van der Waals surface area (Å²) in [6.07, 6.45) is 0.763. The quantitative estimate of drug-likeness (QED) is 0.314. The lowest BCUT2D eigenvalue weighted by molar-refractivity contribution is -0.384. The van der Waals surface area contributed by atoms with Gasteiger partial charge in [0.2, 0.25) is 5.95 Å². The smallest absolute Gasteiger partial charge is 0.326 e. The minimum atomic E-state index is -0.555. The number of ether oxygens (including phenoxy) is 1. The van der Waals surface area contributed by atoms with Crippen LogP contribution in [0.2, 0.25) is 5.02 Å². The summed E-state index contributed by atoms with van der Waals surface area (Å²) in [7, 11) is 0. The van der Waals surface area contributed by atoms with E-state index in [0.29, 0.717) is 25.7 Å². The number of nitro groups is 1. The molecule has 29 heavy (non-hydrogen) atoms. The van der Waals surface area contributed by atoms with Gasteiger partial charge in [0.25, 0.3) is 5.69 Å². The molecule has 0 atom stereocenters. The topological polar surface area (TPSA) is 111 Å². The Morgan fingerprint density at radius 2 is 2.07 bits per heavy atom. The van der Waals surface area contributed by atoms with Gasteiger partial charge in [0.15, 0.2) is 0 Å². The second-order valence-electron chi connectivity index (χ2n) is 6.13. The number of carbonyl (C=O) groups is 1. The summed E-state index contributed by atoms with van der Waals surface area (Å²) >= 11 is 6.03. The number of nitrogens with one attached hydrogen (secondary N) is 2. The molecule has 1 aromatic heterocycles. The Kier molecular flexibility index (Phi) is 6.63. The monoisotopic (exact) mass is 417 g/mol. The molecule has 3 aromatic rings. The average molecular weight is 418 g/mol. The molecule has 0 fully saturated rings. The van der Waals surface area contributed by atoms with Crippen LogP contribution in [0.5, 0.6) is 0 Å². The second kappa shape index (κ2) is 9.35. The number of nitrogens with zero attached hydrogens (tertiary/aromatic N) is 3. The molecule has 2 aromatic carbocycles. The Bertz CT molecular complexity index is 1040. The van der Waals surface area contributed by atoms with Gasteiger partial charge in [0, 0.05) is 31.9 Å². The van der Waals surface area contributed by atoms with Crippen LogP contribution >= 0.6 is 11.6 Å². The van der Waals surface area contributed by atoms with Gasteiger partial charge >= 0.3 is 6.03 Å². The molecule has 1 heterocycles. The molecule has 0 aliphatic heterocycles. The largest absolute Gasteiger partial charge is 0.382 e. The first-order valence-electron chi connectivity index (χ1n) is 9.04. The Morgan fingerprint density at radius 3 is 2.79 bits per heavy atom. The van der Waals surface area contributed by atoms with Crippen molar-refractivity contribution in [3.05, 3.63) is 57.6 Å². The third kappa shape index (κ3) is 5.01. The number of para-hydroxylation sites is 2. The highest BCUT2D eigenvalue weighted by atomic mass is 35.5. The fourth-order valence-corrected chi connectivity index (χ4v) is 3.06. The average Bonchev–Trinajstić information content (AvgIpc) is 3.03. The van der Waals surface area contributed by atoms with Crippen LogP contribution in [0, 0.1) is 10.1 Å². The number of carbonyl (C=O) groups excluding carboxylic acids is 1. The maximum absolute atomic E-state index is 12.5. The first-order valence-corrected chi connectivity index (χ1v) is 9.42. The zero-order valence-electron chi connectivity index (χ0n) is 15.7. The summed E-state index contributed by atoms with van der Waals surface area (Å²) in [4.78, 5) is 27.2. The van der Waals surface area contributed by atoms with Crippen molar-refractivity contribution in [3.8, 4) is 0 Å². The molecule has 0 bridgehead atoms. The van der Waals surface area contributed by atoms with Gasteiger partial charge in [0.05, 0.1) is 26.7 Å². The van der Waals surface area contributed by atoms with Crippen molar-refractivity contribution < 1.29 is 14.5 Å². The van der Waals surface area contributed by atoms with Crippen LogP contribution in [-0.4, -0.2) is 33.7 Å². The van der Waals surface area contributed by atoms with E-state index in [-0.39, 0.29) is 16.4 Å². The van der Waals surface area contributed by atoms with E-state index in [0.717, 1.165) is 17.5 Å². The maximum atomic E-state index is 12.5. The zero-order valence-corrected chi connectivity index (χ0v) is 16.5. The minimum Gasteiger partial charge on any atom is -0.382 e. The van der Waals surface area contributed by atoms with E-state index >= 15 is 0 Å². The number of halogens is 1. The molecule has 0 radical (unpaired) electrons. The molecule has 0 aliphatic carbocycles. The summed E-state index contributed by atoms with van der Waals surface area (Å²) in [5, 5.41) is 16.2. The van der Waals surface area contributed by atoms with Gasteiger partial charge in [-0.1, -0.05) is 23.7 Å². The molecule has 0 saturated carbocycles. The van der Waals surface area contributed by atoms with Crippen LogP contribution in [0.1, 0.15) is 13.3 Å². The van der Waals surface area contributed by atoms with Crippen LogP contribution in [0.3, 0.4) is 0 Å². The number of nitro benzene ring substituents is 1. The van der Waals surface area contributed by atoms with E-state index in [1.165, 1.54) is 18.2 Å². The molecule has 0 spiro atoms. The fraction of sp³-hybridized carbons (Fsp3) is 0.263. The van der Waals surface area contributed by atoms with Crippen molar-refractivity contribution in [2.24, 2.45) is 0 Å². The van der Waals surface area contributed by atoms with Crippen molar-refractivity contribution in [1.82, 2.24) is 9.55 Å². The molecule has 10 heteroatoms. The summed E-state index contributed by atoms with van der Waals surface area (Å²) in [5.74, 6) is 0.387. The molecule has 3 rings (SSSR count). The number of amides is 2. The Balaban J connectivity index is 1.76. The van der Waals surface area contributed by atoms with Gasteiger partial charge in [-0.25, -0.2) is 9.78 Å².